The van der Waals surface area contributed by atoms with Crippen molar-refractivity contribution in [3.8, 4) is 0 Å². The summed E-state index contributed by atoms with van der Waals surface area (Å²) in [6.07, 6.45) is 11.6. The van der Waals surface area contributed by atoms with Crippen LogP contribution in [0, 0.1) is 17.8 Å². The molecule has 3 fully saturated rings. The van der Waals surface area contributed by atoms with E-state index in [2.05, 4.69) is 11.7 Å². The molecule has 0 heterocycles. The lowest BCUT2D eigenvalue weighted by atomic mass is 9.85. The van der Waals surface area contributed by atoms with Crippen molar-refractivity contribution < 1.29 is 17.9 Å². The second-order valence-electron chi connectivity index (χ2n) is 7.97. The van der Waals surface area contributed by atoms with Crippen molar-refractivity contribution in [3.05, 3.63) is 0 Å². The van der Waals surface area contributed by atoms with Gasteiger partial charge in [-0.15, -0.1) is 13.2 Å². The molecule has 0 saturated heterocycles. The summed E-state index contributed by atoms with van der Waals surface area (Å²) in [5.41, 5.74) is 0. The average molecular weight is 334 g/mol. The van der Waals surface area contributed by atoms with Crippen LogP contribution < -0.4 is 0 Å². The van der Waals surface area contributed by atoms with Crippen LogP contribution >= 0.6 is 0 Å². The van der Waals surface area contributed by atoms with Gasteiger partial charge in [0.15, 0.2) is 0 Å². The molecule has 23 heavy (non-hydrogen) atoms. The molecule has 3 aliphatic carbocycles. The van der Waals surface area contributed by atoms with E-state index in [9.17, 15) is 13.2 Å². The first-order valence-electron chi connectivity index (χ1n) is 9.67. The minimum atomic E-state index is -4.45. The first-order valence-corrected chi connectivity index (χ1v) is 9.67. The van der Waals surface area contributed by atoms with Gasteiger partial charge in [-0.2, -0.15) is 0 Å². The summed E-state index contributed by atoms with van der Waals surface area (Å²) >= 11 is 0. The van der Waals surface area contributed by atoms with Crippen LogP contribution in [0.1, 0.15) is 90.4 Å². The van der Waals surface area contributed by atoms with Crippen LogP contribution in [0.4, 0.5) is 13.2 Å². The van der Waals surface area contributed by atoms with E-state index in [1.165, 1.54) is 19.3 Å². The number of halogens is 3. The molecule has 3 saturated carbocycles. The third-order valence-corrected chi connectivity index (χ3v) is 5.67. The highest BCUT2D eigenvalue weighted by molar-refractivity contribution is 4.75. The molecule has 0 radical (unpaired) electrons. The standard InChI is InChI=1S/C11H20.C8H13F3O/c1-2-4-10(5-3-1)6-7-11-8-9-11;1-6-2-4-7(5-3-6)12-8(9,10)11/h10-11H,1-9H2;6-7H,2-5H2,1H3. The SMILES string of the molecule is C1CCC(CCC2CC2)CC1.CC1CCC(OC(F)(F)F)CC1. The highest BCUT2D eigenvalue weighted by Crippen LogP contribution is 2.37. The lowest BCUT2D eigenvalue weighted by Gasteiger charge is -2.26. The topological polar surface area (TPSA) is 9.23 Å². The van der Waals surface area contributed by atoms with Crippen molar-refractivity contribution in [1.29, 1.82) is 0 Å². The fraction of sp³-hybridized carbons (Fsp3) is 1.00. The van der Waals surface area contributed by atoms with Gasteiger partial charge in [-0.05, 0) is 43.4 Å². The van der Waals surface area contributed by atoms with Gasteiger partial charge in [0.1, 0.15) is 0 Å². The predicted molar refractivity (Wildman–Crippen MR) is 87.1 cm³/mol. The minimum Gasteiger partial charge on any atom is -0.289 e. The maximum absolute atomic E-state index is 11.7. The number of rotatable bonds is 4. The molecule has 1 nitrogen and oxygen atoms in total. The van der Waals surface area contributed by atoms with Crippen LogP contribution in [-0.4, -0.2) is 12.5 Å². The zero-order chi connectivity index (χ0) is 16.7. The van der Waals surface area contributed by atoms with E-state index >= 15 is 0 Å². The molecule has 3 aliphatic rings. The zero-order valence-electron chi connectivity index (χ0n) is 14.5. The van der Waals surface area contributed by atoms with Crippen LogP contribution in [0.3, 0.4) is 0 Å². The number of alkyl halides is 3. The largest absolute Gasteiger partial charge is 0.522 e. The lowest BCUT2D eigenvalue weighted by molar-refractivity contribution is -0.345. The Morgan fingerprint density at radius 3 is 1.74 bits per heavy atom. The quantitative estimate of drug-likeness (QED) is 0.546. The Hall–Kier alpha value is -0.250. The Labute approximate surface area is 139 Å². The average Bonchev–Trinajstić information content (AvgIpc) is 3.32. The first kappa shape index (κ1) is 19.1. The van der Waals surface area contributed by atoms with Gasteiger partial charge in [0, 0.05) is 0 Å². The lowest BCUT2D eigenvalue weighted by Crippen LogP contribution is -2.27. The molecule has 0 aromatic carbocycles. The van der Waals surface area contributed by atoms with Crippen molar-refractivity contribution in [2.24, 2.45) is 17.8 Å². The summed E-state index contributed by atoms with van der Waals surface area (Å²) < 4.78 is 39.1. The van der Waals surface area contributed by atoms with E-state index in [1.54, 1.807) is 38.5 Å². The van der Waals surface area contributed by atoms with Crippen molar-refractivity contribution in [1.82, 2.24) is 0 Å². The van der Waals surface area contributed by atoms with Gasteiger partial charge < -0.3 is 0 Å². The fourth-order valence-corrected chi connectivity index (χ4v) is 3.89. The van der Waals surface area contributed by atoms with Gasteiger partial charge in [-0.3, -0.25) is 4.74 Å². The van der Waals surface area contributed by atoms with E-state index in [0.29, 0.717) is 18.8 Å². The van der Waals surface area contributed by atoms with E-state index in [4.69, 9.17) is 0 Å². The number of hydrogen-bond donors (Lipinski definition) is 0. The summed E-state index contributed by atoms with van der Waals surface area (Å²) in [5.74, 6) is 2.85. The van der Waals surface area contributed by atoms with Gasteiger partial charge in [-0.25, -0.2) is 0 Å². The van der Waals surface area contributed by atoms with Crippen molar-refractivity contribution >= 4 is 0 Å². The second kappa shape index (κ2) is 9.29. The third-order valence-electron chi connectivity index (χ3n) is 5.67. The van der Waals surface area contributed by atoms with Gasteiger partial charge in [0.25, 0.3) is 0 Å². The molecule has 3 rings (SSSR count). The van der Waals surface area contributed by atoms with Gasteiger partial charge in [0.05, 0.1) is 6.10 Å². The zero-order valence-corrected chi connectivity index (χ0v) is 14.5. The highest BCUT2D eigenvalue weighted by atomic mass is 19.4. The number of hydrogen-bond acceptors (Lipinski definition) is 1. The molecule has 0 N–H and O–H groups in total. The Balaban J connectivity index is 0.000000167. The fourth-order valence-electron chi connectivity index (χ4n) is 3.89. The van der Waals surface area contributed by atoms with E-state index in [-0.39, 0.29) is 0 Å². The highest BCUT2D eigenvalue weighted by Gasteiger charge is 2.34. The molecular formula is C19H33F3O. The monoisotopic (exact) mass is 334 g/mol. The molecule has 0 bridgehead atoms. The predicted octanol–water partition coefficient (Wildman–Crippen LogP) is 6.86. The first-order chi connectivity index (χ1) is 10.9. The van der Waals surface area contributed by atoms with Crippen molar-refractivity contribution in [2.75, 3.05) is 0 Å². The molecule has 136 valence electrons. The van der Waals surface area contributed by atoms with Crippen molar-refractivity contribution in [2.45, 2.75) is 103 Å². The molecule has 4 heteroatoms. The van der Waals surface area contributed by atoms with E-state index in [0.717, 1.165) is 24.7 Å². The maximum Gasteiger partial charge on any atom is 0.522 e. The van der Waals surface area contributed by atoms with E-state index < -0.39 is 12.5 Å². The van der Waals surface area contributed by atoms with Crippen LogP contribution in [-0.2, 0) is 4.74 Å². The van der Waals surface area contributed by atoms with Crippen LogP contribution in [0.15, 0.2) is 0 Å². The van der Waals surface area contributed by atoms with Crippen LogP contribution in [0.25, 0.3) is 0 Å². The summed E-state index contributed by atoms with van der Waals surface area (Å²) in [6.45, 7) is 2.06. The molecule has 0 unspecified atom stereocenters. The smallest absolute Gasteiger partial charge is 0.289 e. The summed E-state index contributed by atoms with van der Waals surface area (Å²) in [4.78, 5) is 0. The molecule has 0 spiro atoms. The van der Waals surface area contributed by atoms with Crippen LogP contribution in [0.2, 0.25) is 0 Å². The van der Waals surface area contributed by atoms with Crippen molar-refractivity contribution in [3.63, 3.8) is 0 Å². The Kier molecular flexibility index (Phi) is 7.71. The van der Waals surface area contributed by atoms with Gasteiger partial charge >= 0.3 is 6.36 Å². The Bertz CT molecular complexity index is 311. The molecular weight excluding hydrogens is 301 g/mol. The van der Waals surface area contributed by atoms with E-state index in [1.807, 2.05) is 0 Å². The van der Waals surface area contributed by atoms with Gasteiger partial charge in [-0.1, -0.05) is 64.7 Å². The third kappa shape index (κ3) is 8.97. The molecule has 0 aromatic heterocycles. The second-order valence-corrected chi connectivity index (χ2v) is 7.97. The molecule has 0 aromatic rings. The maximum atomic E-state index is 11.7. The minimum absolute atomic E-state index is 0.542. The Morgan fingerprint density at radius 2 is 1.26 bits per heavy atom. The Morgan fingerprint density at radius 1 is 0.739 bits per heavy atom. The molecule has 0 atom stereocenters. The van der Waals surface area contributed by atoms with Gasteiger partial charge in [0.2, 0.25) is 0 Å². The molecule has 0 aliphatic heterocycles. The van der Waals surface area contributed by atoms with Crippen LogP contribution in [0.5, 0.6) is 0 Å². The molecule has 0 amide bonds. The normalized spacial score (nSPS) is 29.7. The number of ether oxygens (including phenoxy) is 1. The summed E-state index contributed by atoms with van der Waals surface area (Å²) in [7, 11) is 0. The summed E-state index contributed by atoms with van der Waals surface area (Å²) in [6, 6.07) is 0. The summed E-state index contributed by atoms with van der Waals surface area (Å²) in [5, 5.41) is 0.